The largest absolute Gasteiger partial charge is 0.664 e. The van der Waals surface area contributed by atoms with Crippen LogP contribution in [-0.2, 0) is 47.5 Å². The van der Waals surface area contributed by atoms with Crippen LogP contribution in [0.1, 0.15) is 25.0 Å². The molecule has 0 unspecified atom stereocenters. The number of hydrogen-bond acceptors (Lipinski definition) is 3. The van der Waals surface area contributed by atoms with Crippen molar-refractivity contribution in [3.8, 4) is 0 Å². The van der Waals surface area contributed by atoms with Crippen LogP contribution < -0.4 is 4.72 Å². The van der Waals surface area contributed by atoms with Crippen LogP contribution in [0.2, 0.25) is 0 Å². The van der Waals surface area contributed by atoms with E-state index in [1.54, 1.807) is 26.0 Å². The van der Waals surface area contributed by atoms with Gasteiger partial charge in [-0.05, 0) is 42.5 Å². The maximum atomic E-state index is 11.3. The standard InChI is InChI=1S/C11H13NO.C8H10NO2S.Y/c1-8(9(2)11(12)13)10-6-4-3-5-7-10;1-7-5-3-4-6-8(7)12(10,11)9-2;/h3-7H,1-2H3,(H2,12,13);3,5-6,9H,1-2H3;/q;-1;/p-1/b9-8+;;. The molecule has 0 saturated carbocycles. The van der Waals surface area contributed by atoms with Crippen LogP contribution in [0.25, 0.3) is 11.3 Å². The Morgan fingerprint density at radius 1 is 1.12 bits per heavy atom. The van der Waals surface area contributed by atoms with Gasteiger partial charge in [0.05, 0.1) is 5.91 Å². The molecule has 0 fully saturated rings. The molecule has 0 atom stereocenters. The first-order chi connectivity index (χ1) is 11.7. The molecule has 0 heterocycles. The third-order valence-corrected chi connectivity index (χ3v) is 5.26. The summed E-state index contributed by atoms with van der Waals surface area (Å²) < 4.78 is 24.8. The van der Waals surface area contributed by atoms with Crippen molar-refractivity contribution in [2.75, 3.05) is 7.05 Å². The Labute approximate surface area is 181 Å². The molecule has 0 bridgehead atoms. The summed E-state index contributed by atoms with van der Waals surface area (Å²) in [6, 6.07) is 17.2. The number of aryl methyl sites for hydroxylation is 1. The average Bonchev–Trinajstić information content (AvgIpc) is 2.62. The van der Waals surface area contributed by atoms with E-state index in [0.717, 1.165) is 16.7 Å². The van der Waals surface area contributed by atoms with Gasteiger partial charge in [-0.3, -0.25) is 0 Å². The van der Waals surface area contributed by atoms with Crippen molar-refractivity contribution in [2.45, 2.75) is 25.7 Å². The minimum atomic E-state index is -3.31. The molecule has 0 spiro atoms. The van der Waals surface area contributed by atoms with E-state index in [1.807, 2.05) is 37.3 Å². The topological polar surface area (TPSA) is 87.0 Å². The minimum Gasteiger partial charge on any atom is -0.664 e. The Morgan fingerprint density at radius 2 is 1.69 bits per heavy atom. The molecule has 2 aromatic carbocycles. The number of sulfonamides is 1. The number of carbonyl (C=O) groups excluding carboxylic acids is 1. The smallest absolute Gasteiger partial charge is 0.193 e. The number of allylic oxidation sites excluding steroid dienone is 1. The predicted octanol–water partition coefficient (Wildman–Crippen LogP) is 3.76. The van der Waals surface area contributed by atoms with E-state index in [9.17, 15) is 13.2 Å². The molecule has 1 radical (unpaired) electrons. The Balaban J connectivity index is 0.000000464. The molecule has 0 saturated heterocycles. The number of nitrogens with one attached hydrogen (secondary N) is 2. The molecule has 0 aliphatic heterocycles. The molecule has 7 heteroatoms. The van der Waals surface area contributed by atoms with Crippen molar-refractivity contribution in [2.24, 2.45) is 0 Å². The first kappa shape index (κ1) is 24.7. The van der Waals surface area contributed by atoms with Gasteiger partial charge in [-0.15, -0.1) is 5.56 Å². The average molecular weight is 447 g/mol. The summed E-state index contributed by atoms with van der Waals surface area (Å²) in [5, 5.41) is 0. The van der Waals surface area contributed by atoms with E-state index in [-0.39, 0.29) is 37.6 Å². The van der Waals surface area contributed by atoms with Gasteiger partial charge in [0.25, 0.3) is 0 Å². The number of hydrogen-bond donors (Lipinski definition) is 1. The van der Waals surface area contributed by atoms with E-state index in [1.165, 1.54) is 13.1 Å². The summed E-state index contributed by atoms with van der Waals surface area (Å²) in [6.45, 7) is 5.28. The molecular formula is C19H22N2O3SY-2. The normalized spacial score (nSPS) is 11.4. The van der Waals surface area contributed by atoms with Gasteiger partial charge in [0.2, 0.25) is 0 Å². The van der Waals surface area contributed by atoms with Crippen LogP contribution in [0.4, 0.5) is 0 Å². The zero-order valence-electron chi connectivity index (χ0n) is 15.3. The molecule has 0 aliphatic rings. The van der Waals surface area contributed by atoms with E-state index < -0.39 is 15.9 Å². The summed E-state index contributed by atoms with van der Waals surface area (Å²) in [5.41, 5.74) is 10.1. The Morgan fingerprint density at radius 3 is 2.15 bits per heavy atom. The molecule has 26 heavy (non-hydrogen) atoms. The summed E-state index contributed by atoms with van der Waals surface area (Å²) in [6.07, 6.45) is 0. The van der Waals surface area contributed by atoms with Gasteiger partial charge in [0.1, 0.15) is 0 Å². The molecule has 2 rings (SSSR count). The molecule has 2 aromatic rings. The molecule has 0 aliphatic carbocycles. The maximum absolute atomic E-state index is 11.3. The molecule has 137 valence electrons. The van der Waals surface area contributed by atoms with Crippen LogP contribution in [0, 0.1) is 13.0 Å². The molecule has 2 N–H and O–H groups in total. The summed E-state index contributed by atoms with van der Waals surface area (Å²) >= 11 is 0. The predicted molar refractivity (Wildman–Crippen MR) is 100 cm³/mol. The van der Waals surface area contributed by atoms with Crippen molar-refractivity contribution in [1.82, 2.24) is 4.72 Å². The van der Waals surface area contributed by atoms with Crippen LogP contribution >= 0.6 is 0 Å². The van der Waals surface area contributed by atoms with Crippen molar-refractivity contribution in [1.29, 1.82) is 0 Å². The van der Waals surface area contributed by atoms with Gasteiger partial charge in [0, 0.05) is 32.7 Å². The molecule has 1 amide bonds. The Hall–Kier alpha value is -1.34. The zero-order chi connectivity index (χ0) is 19.0. The fraction of sp³-hybridized carbons (Fsp3) is 0.211. The zero-order valence-corrected chi connectivity index (χ0v) is 19.0. The van der Waals surface area contributed by atoms with Crippen molar-refractivity contribution < 1.29 is 45.9 Å². The summed E-state index contributed by atoms with van der Waals surface area (Å²) in [7, 11) is -1.92. The van der Waals surface area contributed by atoms with Gasteiger partial charge in [-0.2, -0.15) is 24.3 Å². The number of amides is 1. The second-order valence-electron chi connectivity index (χ2n) is 5.34. The quantitative estimate of drug-likeness (QED) is 0.572. The van der Waals surface area contributed by atoms with Crippen LogP contribution in [-0.4, -0.2) is 21.4 Å². The van der Waals surface area contributed by atoms with E-state index >= 15 is 0 Å². The van der Waals surface area contributed by atoms with Gasteiger partial charge in [0.15, 0.2) is 10.0 Å². The molecule has 5 nitrogen and oxygen atoms in total. The number of rotatable bonds is 4. The van der Waals surface area contributed by atoms with E-state index in [4.69, 9.17) is 5.73 Å². The van der Waals surface area contributed by atoms with Crippen molar-refractivity contribution in [3.05, 3.63) is 77.0 Å². The van der Waals surface area contributed by atoms with E-state index in [2.05, 4.69) is 10.8 Å². The number of benzene rings is 2. The molecule has 0 aromatic heterocycles. The minimum absolute atomic E-state index is 0. The van der Waals surface area contributed by atoms with Crippen LogP contribution in [0.3, 0.4) is 0 Å². The second-order valence-corrected chi connectivity index (χ2v) is 7.20. The fourth-order valence-electron chi connectivity index (χ4n) is 1.97. The Bertz CT molecular complexity index is 863. The molecular weight excluding hydrogens is 425 g/mol. The SMILES string of the molecule is C/C(C([NH-])=O)=C(/C)c1ccccc1.CNS(=O)(=O)c1c[c-]ccc1C.[Y]. The van der Waals surface area contributed by atoms with Crippen molar-refractivity contribution in [3.63, 3.8) is 0 Å². The first-order valence-electron chi connectivity index (χ1n) is 7.59. The second kappa shape index (κ2) is 11.4. The summed E-state index contributed by atoms with van der Waals surface area (Å²) in [4.78, 5) is 11.1. The van der Waals surface area contributed by atoms with Gasteiger partial charge < -0.3 is 10.5 Å². The van der Waals surface area contributed by atoms with Gasteiger partial charge in [-0.1, -0.05) is 37.3 Å². The number of carbonyl (C=O) groups is 1. The van der Waals surface area contributed by atoms with Crippen LogP contribution in [0.5, 0.6) is 0 Å². The maximum Gasteiger partial charge on any atom is 0.193 e. The first-order valence-corrected chi connectivity index (χ1v) is 9.08. The van der Waals surface area contributed by atoms with Gasteiger partial charge >= 0.3 is 0 Å². The van der Waals surface area contributed by atoms with Gasteiger partial charge in [-0.25, -0.2) is 13.1 Å². The third kappa shape index (κ3) is 7.12. The van der Waals surface area contributed by atoms with Crippen molar-refractivity contribution >= 4 is 21.5 Å². The Kier molecular flexibility index (Phi) is 10.8. The third-order valence-electron chi connectivity index (χ3n) is 3.70. The van der Waals surface area contributed by atoms with Crippen LogP contribution in [0.15, 0.2) is 59.0 Å². The van der Waals surface area contributed by atoms with E-state index in [0.29, 0.717) is 5.57 Å². The summed E-state index contributed by atoms with van der Waals surface area (Å²) in [5.74, 6) is -0.610. The fourth-order valence-corrected chi connectivity index (χ4v) is 2.90. The monoisotopic (exact) mass is 447 g/mol.